The van der Waals surface area contributed by atoms with Gasteiger partial charge in [0.25, 0.3) is 0 Å². The van der Waals surface area contributed by atoms with Gasteiger partial charge in [-0.15, -0.1) is 0 Å². The van der Waals surface area contributed by atoms with Crippen LogP contribution < -0.4 is 10.1 Å². The molecule has 0 bridgehead atoms. The molecule has 7 heteroatoms. The van der Waals surface area contributed by atoms with Crippen LogP contribution in [0.4, 0.5) is 10.5 Å². The second kappa shape index (κ2) is 6.85. The second-order valence-electron chi connectivity index (χ2n) is 6.40. The van der Waals surface area contributed by atoms with E-state index in [9.17, 15) is 4.79 Å². The average molecular weight is 342 g/mol. The number of morpholine rings is 1. The van der Waals surface area contributed by atoms with Crippen molar-refractivity contribution in [2.24, 2.45) is 0 Å². The molecule has 2 aliphatic heterocycles. The normalized spacial score (nSPS) is 21.0. The number of ether oxygens (including phenoxy) is 2. The minimum Gasteiger partial charge on any atom is -0.481 e. The number of urea groups is 1. The van der Waals surface area contributed by atoms with Crippen molar-refractivity contribution in [1.29, 1.82) is 0 Å². The van der Waals surface area contributed by atoms with E-state index in [4.69, 9.17) is 9.47 Å². The van der Waals surface area contributed by atoms with Gasteiger partial charge < -0.3 is 19.7 Å². The van der Waals surface area contributed by atoms with Crippen LogP contribution in [-0.2, 0) is 4.74 Å². The Hall–Kier alpha value is -2.38. The molecule has 2 aromatic rings. The van der Waals surface area contributed by atoms with Crippen LogP contribution in [0.5, 0.6) is 5.88 Å². The molecule has 1 atom stereocenters. The smallest absolute Gasteiger partial charge is 0.321 e. The van der Waals surface area contributed by atoms with E-state index >= 15 is 0 Å². The van der Waals surface area contributed by atoms with E-state index in [-0.39, 0.29) is 6.03 Å². The zero-order valence-electron chi connectivity index (χ0n) is 14.3. The third-order valence-corrected chi connectivity index (χ3v) is 4.85. The highest BCUT2D eigenvalue weighted by Crippen LogP contribution is 2.21. The molecule has 2 fully saturated rings. The molecule has 1 aromatic carbocycles. The number of benzene rings is 1. The number of piperazine rings is 1. The molecule has 0 spiro atoms. The predicted octanol–water partition coefficient (Wildman–Crippen LogP) is 1.79. The Kier molecular flexibility index (Phi) is 4.42. The van der Waals surface area contributed by atoms with Crippen molar-refractivity contribution in [3.8, 4) is 5.88 Å². The van der Waals surface area contributed by atoms with Crippen LogP contribution in [0.25, 0.3) is 10.9 Å². The number of anilines is 1. The number of amides is 2. The fourth-order valence-electron chi connectivity index (χ4n) is 3.43. The quantitative estimate of drug-likeness (QED) is 0.901. The Morgan fingerprint density at radius 2 is 2.20 bits per heavy atom. The Morgan fingerprint density at radius 3 is 3.08 bits per heavy atom. The minimum absolute atomic E-state index is 0.0638. The predicted molar refractivity (Wildman–Crippen MR) is 95.1 cm³/mol. The van der Waals surface area contributed by atoms with Crippen LogP contribution in [0, 0.1) is 0 Å². The van der Waals surface area contributed by atoms with Crippen molar-refractivity contribution in [3.05, 3.63) is 30.3 Å². The highest BCUT2D eigenvalue weighted by Gasteiger charge is 2.31. The number of methoxy groups -OCH3 is 1. The number of fused-ring (bicyclic) bond motifs is 2. The lowest BCUT2D eigenvalue weighted by atomic mass is 10.1. The molecule has 7 nitrogen and oxygen atoms in total. The van der Waals surface area contributed by atoms with Gasteiger partial charge in [0, 0.05) is 43.3 Å². The molecule has 3 heterocycles. The van der Waals surface area contributed by atoms with Gasteiger partial charge in [0.15, 0.2) is 0 Å². The van der Waals surface area contributed by atoms with Crippen molar-refractivity contribution in [2.45, 2.75) is 6.04 Å². The Labute approximate surface area is 146 Å². The molecule has 4 rings (SSSR count). The summed E-state index contributed by atoms with van der Waals surface area (Å²) in [5, 5.41) is 3.96. The van der Waals surface area contributed by atoms with Gasteiger partial charge in [-0.25, -0.2) is 9.78 Å². The zero-order chi connectivity index (χ0) is 17.2. The van der Waals surface area contributed by atoms with Gasteiger partial charge in [0.05, 0.1) is 31.9 Å². The van der Waals surface area contributed by atoms with Gasteiger partial charge >= 0.3 is 6.03 Å². The lowest BCUT2D eigenvalue weighted by Gasteiger charge is -2.43. The topological polar surface area (TPSA) is 66.9 Å². The summed E-state index contributed by atoms with van der Waals surface area (Å²) in [7, 11) is 1.60. The molecular formula is C18H22N4O3. The van der Waals surface area contributed by atoms with E-state index in [0.717, 1.165) is 42.8 Å². The summed E-state index contributed by atoms with van der Waals surface area (Å²) in [6, 6.07) is 9.69. The fourth-order valence-corrected chi connectivity index (χ4v) is 3.43. The van der Waals surface area contributed by atoms with Crippen LogP contribution in [0.2, 0.25) is 0 Å². The average Bonchev–Trinajstić information content (AvgIpc) is 2.67. The Balaban J connectivity index is 1.44. The largest absolute Gasteiger partial charge is 0.481 e. The maximum atomic E-state index is 12.6. The van der Waals surface area contributed by atoms with Gasteiger partial charge in [-0.1, -0.05) is 0 Å². The lowest BCUT2D eigenvalue weighted by molar-refractivity contribution is -0.0355. The third-order valence-electron chi connectivity index (χ3n) is 4.85. The third kappa shape index (κ3) is 3.38. The number of hydrogen-bond acceptors (Lipinski definition) is 5. The zero-order valence-corrected chi connectivity index (χ0v) is 14.3. The molecule has 2 saturated heterocycles. The van der Waals surface area contributed by atoms with Crippen molar-refractivity contribution in [2.75, 3.05) is 51.8 Å². The SMILES string of the molecule is COc1ccc2cc(NC(=O)N3CCN4CCOCC4C3)ccc2n1. The molecule has 1 unspecified atom stereocenters. The summed E-state index contributed by atoms with van der Waals surface area (Å²) in [4.78, 5) is 21.3. The molecule has 132 valence electrons. The number of rotatable bonds is 2. The first kappa shape index (κ1) is 16.1. The first-order chi connectivity index (χ1) is 12.2. The number of nitrogens with zero attached hydrogens (tertiary/aromatic N) is 3. The van der Waals surface area contributed by atoms with Crippen molar-refractivity contribution < 1.29 is 14.3 Å². The van der Waals surface area contributed by atoms with E-state index < -0.39 is 0 Å². The first-order valence-corrected chi connectivity index (χ1v) is 8.55. The maximum Gasteiger partial charge on any atom is 0.321 e. The van der Waals surface area contributed by atoms with Crippen LogP contribution >= 0.6 is 0 Å². The van der Waals surface area contributed by atoms with E-state index in [2.05, 4.69) is 15.2 Å². The number of carbonyl (C=O) groups excluding carboxylic acids is 1. The van der Waals surface area contributed by atoms with Crippen LogP contribution in [0.15, 0.2) is 30.3 Å². The monoisotopic (exact) mass is 342 g/mol. The van der Waals surface area contributed by atoms with Gasteiger partial charge in [-0.2, -0.15) is 0 Å². The summed E-state index contributed by atoms with van der Waals surface area (Å²) in [6.45, 7) is 4.81. The van der Waals surface area contributed by atoms with E-state index in [1.54, 1.807) is 7.11 Å². The standard InChI is InChI=1S/C18H22N4O3/c1-24-17-5-2-13-10-14(3-4-16(13)20-17)19-18(23)22-7-6-21-8-9-25-12-15(21)11-22/h2-5,10,15H,6-9,11-12H2,1H3,(H,19,23). The molecule has 25 heavy (non-hydrogen) atoms. The Bertz CT molecular complexity index is 782. The summed E-state index contributed by atoms with van der Waals surface area (Å²) in [6.07, 6.45) is 0. The van der Waals surface area contributed by atoms with Crippen molar-refractivity contribution >= 4 is 22.6 Å². The van der Waals surface area contributed by atoms with E-state index in [1.165, 1.54) is 0 Å². The number of aromatic nitrogens is 1. The summed E-state index contributed by atoms with van der Waals surface area (Å²) >= 11 is 0. The van der Waals surface area contributed by atoms with Gasteiger partial charge in [-0.3, -0.25) is 4.90 Å². The summed E-state index contributed by atoms with van der Waals surface area (Å²) in [5.74, 6) is 0.580. The molecule has 1 aromatic heterocycles. The lowest BCUT2D eigenvalue weighted by Crippen LogP contribution is -2.59. The van der Waals surface area contributed by atoms with E-state index in [1.807, 2.05) is 35.2 Å². The molecule has 2 amide bonds. The van der Waals surface area contributed by atoms with Gasteiger partial charge in [0.2, 0.25) is 5.88 Å². The number of nitrogens with one attached hydrogen (secondary N) is 1. The maximum absolute atomic E-state index is 12.6. The van der Waals surface area contributed by atoms with Crippen LogP contribution in [0.3, 0.4) is 0 Å². The summed E-state index contributed by atoms with van der Waals surface area (Å²) in [5.41, 5.74) is 1.61. The molecular weight excluding hydrogens is 320 g/mol. The number of hydrogen-bond donors (Lipinski definition) is 1. The van der Waals surface area contributed by atoms with Gasteiger partial charge in [-0.05, 0) is 24.3 Å². The minimum atomic E-state index is -0.0638. The Morgan fingerprint density at radius 1 is 1.28 bits per heavy atom. The molecule has 0 saturated carbocycles. The highest BCUT2D eigenvalue weighted by molar-refractivity contribution is 5.92. The van der Waals surface area contributed by atoms with E-state index in [0.29, 0.717) is 25.1 Å². The molecule has 0 radical (unpaired) electrons. The molecule has 0 aliphatic carbocycles. The fraction of sp³-hybridized carbons (Fsp3) is 0.444. The molecule has 2 aliphatic rings. The highest BCUT2D eigenvalue weighted by atomic mass is 16.5. The van der Waals surface area contributed by atoms with Crippen LogP contribution in [-0.4, -0.2) is 73.4 Å². The second-order valence-corrected chi connectivity index (χ2v) is 6.40. The first-order valence-electron chi connectivity index (χ1n) is 8.55. The number of pyridine rings is 1. The van der Waals surface area contributed by atoms with Gasteiger partial charge in [0.1, 0.15) is 0 Å². The summed E-state index contributed by atoms with van der Waals surface area (Å²) < 4.78 is 10.7. The number of carbonyl (C=O) groups is 1. The molecule has 1 N–H and O–H groups in total. The van der Waals surface area contributed by atoms with Crippen molar-refractivity contribution in [1.82, 2.24) is 14.8 Å². The van der Waals surface area contributed by atoms with Crippen molar-refractivity contribution in [3.63, 3.8) is 0 Å². The van der Waals surface area contributed by atoms with Crippen LogP contribution in [0.1, 0.15) is 0 Å².